The summed E-state index contributed by atoms with van der Waals surface area (Å²) in [7, 11) is -3.83. The van der Waals surface area contributed by atoms with Crippen molar-refractivity contribution >= 4 is 10.0 Å². The van der Waals surface area contributed by atoms with Crippen LogP contribution in [0.15, 0.2) is 35.7 Å². The first-order valence-electron chi connectivity index (χ1n) is 6.29. The molecule has 6 nitrogen and oxygen atoms in total. The zero-order valence-corrected chi connectivity index (χ0v) is 12.3. The summed E-state index contributed by atoms with van der Waals surface area (Å²) in [6.45, 7) is 1.54. The number of sulfonamides is 1. The quantitative estimate of drug-likeness (QED) is 0.826. The molecule has 0 atom stereocenters. The lowest BCUT2D eigenvalue weighted by Crippen LogP contribution is -2.28. The first kappa shape index (κ1) is 15.6. The fraction of sp³-hybridized carbons (Fsp3) is 0.308. The van der Waals surface area contributed by atoms with E-state index in [9.17, 15) is 12.8 Å². The minimum absolute atomic E-state index is 0.0299. The van der Waals surface area contributed by atoms with Crippen molar-refractivity contribution in [2.24, 2.45) is 0 Å². The molecule has 0 aliphatic rings. The molecule has 0 bridgehead atoms. The van der Waals surface area contributed by atoms with Crippen LogP contribution in [0.1, 0.15) is 11.1 Å². The number of imidazole rings is 1. The third-order valence-electron chi connectivity index (χ3n) is 3.05. The maximum Gasteiger partial charge on any atom is 0.241 e. The Labute approximate surface area is 122 Å². The van der Waals surface area contributed by atoms with Crippen LogP contribution in [0.25, 0.3) is 0 Å². The van der Waals surface area contributed by atoms with Gasteiger partial charge in [0, 0.05) is 31.0 Å². The minimum atomic E-state index is -3.83. The summed E-state index contributed by atoms with van der Waals surface area (Å²) in [5.41, 5.74) is 0.246. The molecule has 0 aliphatic heterocycles. The van der Waals surface area contributed by atoms with Gasteiger partial charge in [-0.3, -0.25) is 0 Å². The summed E-state index contributed by atoms with van der Waals surface area (Å²) in [5, 5.41) is 9.05. The van der Waals surface area contributed by atoms with E-state index in [1.165, 1.54) is 13.0 Å². The van der Waals surface area contributed by atoms with Crippen LogP contribution in [0.5, 0.6) is 0 Å². The van der Waals surface area contributed by atoms with Crippen LogP contribution >= 0.6 is 0 Å². The van der Waals surface area contributed by atoms with Gasteiger partial charge in [-0.1, -0.05) is 0 Å². The summed E-state index contributed by atoms with van der Waals surface area (Å²) in [4.78, 5) is 3.70. The van der Waals surface area contributed by atoms with Crippen molar-refractivity contribution in [3.63, 3.8) is 0 Å². The van der Waals surface area contributed by atoms with Crippen molar-refractivity contribution in [1.29, 1.82) is 0 Å². The maximum atomic E-state index is 13.7. The number of halogens is 1. The largest absolute Gasteiger partial charge is 0.392 e. The Balaban J connectivity index is 2.17. The van der Waals surface area contributed by atoms with Crippen molar-refractivity contribution in [2.45, 2.75) is 25.0 Å². The highest BCUT2D eigenvalue weighted by Crippen LogP contribution is 2.20. The molecule has 8 heteroatoms. The molecule has 0 amide bonds. The summed E-state index contributed by atoms with van der Waals surface area (Å²) in [6, 6.07) is 2.40. The molecule has 21 heavy (non-hydrogen) atoms. The van der Waals surface area contributed by atoms with Gasteiger partial charge < -0.3 is 9.67 Å². The van der Waals surface area contributed by atoms with Gasteiger partial charge in [-0.25, -0.2) is 22.5 Å². The van der Waals surface area contributed by atoms with E-state index >= 15 is 0 Å². The number of benzene rings is 1. The van der Waals surface area contributed by atoms with Crippen molar-refractivity contribution in [2.75, 3.05) is 6.54 Å². The zero-order valence-electron chi connectivity index (χ0n) is 11.5. The van der Waals surface area contributed by atoms with E-state index in [4.69, 9.17) is 5.11 Å². The Kier molecular flexibility index (Phi) is 4.71. The molecule has 2 rings (SSSR count). The third kappa shape index (κ3) is 3.66. The first-order chi connectivity index (χ1) is 9.94. The molecule has 0 radical (unpaired) electrons. The minimum Gasteiger partial charge on any atom is -0.392 e. The zero-order chi connectivity index (χ0) is 15.5. The Bertz CT molecular complexity index is 715. The van der Waals surface area contributed by atoms with Crippen LogP contribution < -0.4 is 4.72 Å². The van der Waals surface area contributed by atoms with Gasteiger partial charge in [-0.2, -0.15) is 0 Å². The van der Waals surface area contributed by atoms with Gasteiger partial charge in [0.05, 0.1) is 17.8 Å². The monoisotopic (exact) mass is 313 g/mol. The third-order valence-corrected chi connectivity index (χ3v) is 4.64. The van der Waals surface area contributed by atoms with Gasteiger partial charge in [0.25, 0.3) is 0 Å². The summed E-state index contributed by atoms with van der Waals surface area (Å²) >= 11 is 0. The van der Waals surface area contributed by atoms with Crippen LogP contribution in [0.3, 0.4) is 0 Å². The fourth-order valence-electron chi connectivity index (χ4n) is 1.88. The van der Waals surface area contributed by atoms with E-state index in [-0.39, 0.29) is 22.6 Å². The normalized spacial score (nSPS) is 11.8. The van der Waals surface area contributed by atoms with Gasteiger partial charge in [0.1, 0.15) is 5.82 Å². The van der Waals surface area contributed by atoms with Gasteiger partial charge in [0.2, 0.25) is 10.0 Å². The standard InChI is InChI=1S/C13H16FN3O3S/c1-10-12(14)6-11(8-18)7-13(10)21(19,20)16-3-5-17-4-2-15-9-17/h2,4,6-7,9,16,18H,3,5,8H2,1H3. The second kappa shape index (κ2) is 6.33. The predicted octanol–water partition coefficient (Wildman–Crippen LogP) is 0.801. The molecule has 0 fully saturated rings. The Hall–Kier alpha value is -1.77. The van der Waals surface area contributed by atoms with Crippen LogP contribution in [0, 0.1) is 12.7 Å². The summed E-state index contributed by atoms with van der Waals surface area (Å²) < 4.78 is 42.3. The number of hydrogen-bond donors (Lipinski definition) is 2. The molecular formula is C13H16FN3O3S. The highest BCUT2D eigenvalue weighted by molar-refractivity contribution is 7.89. The molecule has 1 aromatic carbocycles. The first-order valence-corrected chi connectivity index (χ1v) is 7.77. The number of aliphatic hydroxyl groups excluding tert-OH is 1. The second-order valence-electron chi connectivity index (χ2n) is 4.56. The SMILES string of the molecule is Cc1c(F)cc(CO)cc1S(=O)(=O)NCCn1ccnc1. The molecule has 1 aromatic heterocycles. The molecule has 114 valence electrons. The average molecular weight is 313 g/mol. The lowest BCUT2D eigenvalue weighted by molar-refractivity contribution is 0.281. The van der Waals surface area contributed by atoms with Crippen molar-refractivity contribution in [3.8, 4) is 0 Å². The van der Waals surface area contributed by atoms with Crippen molar-refractivity contribution in [1.82, 2.24) is 14.3 Å². The lowest BCUT2D eigenvalue weighted by atomic mass is 10.1. The van der Waals surface area contributed by atoms with Gasteiger partial charge >= 0.3 is 0 Å². The average Bonchev–Trinajstić information content (AvgIpc) is 2.94. The second-order valence-corrected chi connectivity index (χ2v) is 6.29. The predicted molar refractivity (Wildman–Crippen MR) is 74.5 cm³/mol. The number of nitrogens with one attached hydrogen (secondary N) is 1. The Morgan fingerprint density at radius 2 is 2.19 bits per heavy atom. The molecule has 2 aromatic rings. The molecule has 0 saturated heterocycles. The van der Waals surface area contributed by atoms with Crippen molar-refractivity contribution in [3.05, 3.63) is 47.8 Å². The number of nitrogens with zero attached hydrogens (tertiary/aromatic N) is 2. The number of hydrogen-bond acceptors (Lipinski definition) is 4. The Morgan fingerprint density at radius 1 is 1.43 bits per heavy atom. The number of rotatable bonds is 6. The molecule has 0 unspecified atom stereocenters. The van der Waals surface area contributed by atoms with Crippen LogP contribution in [0.4, 0.5) is 4.39 Å². The molecule has 0 aliphatic carbocycles. The van der Waals surface area contributed by atoms with Crippen LogP contribution in [-0.4, -0.2) is 29.6 Å². The van der Waals surface area contributed by atoms with E-state index in [2.05, 4.69) is 9.71 Å². The number of aromatic nitrogens is 2. The van der Waals surface area contributed by atoms with Crippen molar-refractivity contribution < 1.29 is 17.9 Å². The summed E-state index contributed by atoms with van der Waals surface area (Å²) in [6.07, 6.45) is 4.88. The molecule has 2 N–H and O–H groups in total. The topological polar surface area (TPSA) is 84.2 Å². The molecular weight excluding hydrogens is 297 g/mol. The van der Waals surface area contributed by atoms with E-state index in [1.54, 1.807) is 23.3 Å². The van der Waals surface area contributed by atoms with E-state index < -0.39 is 22.4 Å². The van der Waals surface area contributed by atoms with E-state index in [1.807, 2.05) is 0 Å². The van der Waals surface area contributed by atoms with Gasteiger partial charge in [-0.05, 0) is 24.6 Å². The smallest absolute Gasteiger partial charge is 0.241 e. The highest BCUT2D eigenvalue weighted by atomic mass is 32.2. The van der Waals surface area contributed by atoms with Crippen LogP contribution in [-0.2, 0) is 23.2 Å². The highest BCUT2D eigenvalue weighted by Gasteiger charge is 2.19. The van der Waals surface area contributed by atoms with Gasteiger partial charge in [0.15, 0.2) is 0 Å². The van der Waals surface area contributed by atoms with Crippen LogP contribution in [0.2, 0.25) is 0 Å². The molecule has 0 spiro atoms. The summed E-state index contributed by atoms with van der Waals surface area (Å²) in [5.74, 6) is -0.656. The Morgan fingerprint density at radius 3 is 2.81 bits per heavy atom. The number of aliphatic hydroxyl groups is 1. The van der Waals surface area contributed by atoms with Gasteiger partial charge in [-0.15, -0.1) is 0 Å². The van der Waals surface area contributed by atoms with E-state index in [0.29, 0.717) is 6.54 Å². The molecule has 0 saturated carbocycles. The molecule has 1 heterocycles. The lowest BCUT2D eigenvalue weighted by Gasteiger charge is -2.11. The maximum absolute atomic E-state index is 13.7. The fourth-order valence-corrected chi connectivity index (χ4v) is 3.21. The van der Waals surface area contributed by atoms with E-state index in [0.717, 1.165) is 6.07 Å².